The van der Waals surface area contributed by atoms with E-state index in [1.54, 1.807) is 6.08 Å². The third-order valence-corrected chi connectivity index (χ3v) is 3.34. The third kappa shape index (κ3) is 1.73. The van der Waals surface area contributed by atoms with Gasteiger partial charge in [0.2, 0.25) is 0 Å². The number of carbonyl (C=O) groups is 1. The molecule has 0 aromatic heterocycles. The van der Waals surface area contributed by atoms with E-state index in [1.165, 1.54) is 30.5 Å². The largest absolute Gasteiger partial charge is 0.298 e. The monoisotopic (exact) mass is 221 g/mol. The van der Waals surface area contributed by atoms with Crippen LogP contribution in [0.5, 0.6) is 0 Å². The van der Waals surface area contributed by atoms with Crippen LogP contribution in [0.4, 0.5) is 0 Å². The average molecular weight is 221 g/mol. The van der Waals surface area contributed by atoms with Crippen LogP contribution in [0, 0.1) is 0 Å². The topological polar surface area (TPSA) is 63.6 Å². The number of rotatable bonds is 1. The van der Waals surface area contributed by atoms with Crippen LogP contribution in [0.15, 0.2) is 33.6 Å². The van der Waals surface area contributed by atoms with Crippen LogP contribution >= 0.6 is 0 Å². The van der Waals surface area contributed by atoms with E-state index in [0.717, 1.165) is 0 Å². The molecule has 2 rings (SSSR count). The highest BCUT2D eigenvalue weighted by Crippen LogP contribution is 2.22. The maximum absolute atomic E-state index is 11.6. The van der Waals surface area contributed by atoms with Crippen molar-refractivity contribution in [3.63, 3.8) is 0 Å². The molecule has 76 valence electrons. The molecule has 1 aliphatic heterocycles. The van der Waals surface area contributed by atoms with Crippen molar-refractivity contribution in [3.8, 4) is 0 Å². The lowest BCUT2D eigenvalue weighted by molar-refractivity contribution is 0.112. The minimum absolute atomic E-state index is 0.123. The van der Waals surface area contributed by atoms with E-state index in [1.807, 2.05) is 0 Å². The molecule has 1 aromatic rings. The van der Waals surface area contributed by atoms with Gasteiger partial charge >= 0.3 is 0 Å². The number of aldehydes is 1. The predicted molar refractivity (Wildman–Crippen MR) is 56.5 cm³/mol. The molecule has 0 amide bonds. The maximum Gasteiger partial charge on any atom is 0.282 e. The minimum Gasteiger partial charge on any atom is -0.298 e. The number of hydrogen-bond acceptors (Lipinski definition) is 3. The van der Waals surface area contributed by atoms with Gasteiger partial charge in [-0.15, -0.1) is 0 Å². The molecule has 0 saturated carbocycles. The van der Waals surface area contributed by atoms with Crippen molar-refractivity contribution in [3.05, 3.63) is 35.4 Å². The number of sulfonamides is 1. The van der Waals surface area contributed by atoms with Crippen molar-refractivity contribution in [2.24, 2.45) is 4.40 Å². The number of benzene rings is 1. The van der Waals surface area contributed by atoms with Crippen molar-refractivity contribution in [1.29, 1.82) is 0 Å². The summed E-state index contributed by atoms with van der Waals surface area (Å²) in [7, 11) is -3.61. The van der Waals surface area contributed by atoms with Crippen LogP contribution < -0.4 is 0 Å². The highest BCUT2D eigenvalue weighted by molar-refractivity contribution is 7.90. The van der Waals surface area contributed by atoms with E-state index < -0.39 is 10.0 Å². The van der Waals surface area contributed by atoms with Gasteiger partial charge in [0.1, 0.15) is 6.29 Å². The Hall–Kier alpha value is -1.75. The highest BCUT2D eigenvalue weighted by Gasteiger charge is 2.17. The molecule has 1 aromatic carbocycles. The van der Waals surface area contributed by atoms with E-state index >= 15 is 0 Å². The molecular weight excluding hydrogens is 214 g/mol. The van der Waals surface area contributed by atoms with Gasteiger partial charge in [0.25, 0.3) is 10.0 Å². The molecule has 1 heterocycles. The normalized spacial score (nSPS) is 16.8. The maximum atomic E-state index is 11.6. The molecule has 0 saturated heterocycles. The van der Waals surface area contributed by atoms with Crippen molar-refractivity contribution in [2.45, 2.75) is 4.90 Å². The summed E-state index contributed by atoms with van der Waals surface area (Å²) in [6.07, 6.45) is 5.02. The van der Waals surface area contributed by atoms with Gasteiger partial charge in [-0.1, -0.05) is 12.1 Å². The molecule has 0 atom stereocenters. The minimum atomic E-state index is -3.61. The second-order valence-electron chi connectivity index (χ2n) is 3.00. The van der Waals surface area contributed by atoms with E-state index in [9.17, 15) is 13.2 Å². The Kier molecular flexibility index (Phi) is 2.24. The fraction of sp³-hybridized carbons (Fsp3) is 0. The molecule has 0 fully saturated rings. The second kappa shape index (κ2) is 3.43. The zero-order valence-corrected chi connectivity index (χ0v) is 8.44. The fourth-order valence-corrected chi connectivity index (χ4v) is 2.33. The van der Waals surface area contributed by atoms with Gasteiger partial charge in [-0.05, 0) is 23.8 Å². The number of allylic oxidation sites excluding steroid dienone is 1. The van der Waals surface area contributed by atoms with E-state index in [4.69, 9.17) is 0 Å². The molecule has 0 bridgehead atoms. The Balaban J connectivity index is 2.74. The highest BCUT2D eigenvalue weighted by atomic mass is 32.2. The summed E-state index contributed by atoms with van der Waals surface area (Å²) in [5.41, 5.74) is 0.924. The third-order valence-electron chi connectivity index (χ3n) is 2.01. The first kappa shape index (κ1) is 9.79. The molecule has 15 heavy (non-hydrogen) atoms. The Morgan fingerprint density at radius 1 is 1.27 bits per heavy atom. The average Bonchev–Trinajstić information content (AvgIpc) is 2.37. The second-order valence-corrected chi connectivity index (χ2v) is 4.60. The molecule has 0 spiro atoms. The summed E-state index contributed by atoms with van der Waals surface area (Å²) >= 11 is 0. The van der Waals surface area contributed by atoms with Crippen molar-refractivity contribution < 1.29 is 13.2 Å². The van der Waals surface area contributed by atoms with Crippen molar-refractivity contribution in [2.75, 3.05) is 0 Å². The Morgan fingerprint density at radius 2 is 2.07 bits per heavy atom. The van der Waals surface area contributed by atoms with Crippen LogP contribution in [0.2, 0.25) is 0 Å². The summed E-state index contributed by atoms with van der Waals surface area (Å²) < 4.78 is 26.6. The first-order chi connectivity index (χ1) is 7.13. The molecular formula is C10H7NO3S. The lowest BCUT2D eigenvalue weighted by Gasteiger charge is -2.02. The smallest absolute Gasteiger partial charge is 0.282 e. The Labute approximate surface area is 87.0 Å². The zero-order chi connectivity index (χ0) is 10.9. The summed E-state index contributed by atoms with van der Waals surface area (Å²) in [4.78, 5) is 10.7. The first-order valence-corrected chi connectivity index (χ1v) is 5.64. The molecule has 0 radical (unpaired) electrons. The van der Waals surface area contributed by atoms with Gasteiger partial charge < -0.3 is 0 Å². The predicted octanol–water partition coefficient (Wildman–Crippen LogP) is 1.29. The van der Waals surface area contributed by atoms with Gasteiger partial charge in [0.15, 0.2) is 0 Å². The van der Waals surface area contributed by atoms with Crippen molar-refractivity contribution in [1.82, 2.24) is 0 Å². The standard InChI is InChI=1S/C10H7NO3S/c12-7-8-3-4-10-9(6-8)2-1-5-11-15(10,13)14/h1-7H. The van der Waals surface area contributed by atoms with Gasteiger partial charge in [-0.25, -0.2) is 0 Å². The first-order valence-electron chi connectivity index (χ1n) is 4.20. The van der Waals surface area contributed by atoms with E-state index in [2.05, 4.69) is 4.40 Å². The van der Waals surface area contributed by atoms with Crippen LogP contribution in [0.1, 0.15) is 15.9 Å². The molecule has 0 unspecified atom stereocenters. The number of fused-ring (bicyclic) bond motifs is 1. The molecule has 1 aliphatic rings. The summed E-state index contributed by atoms with van der Waals surface area (Å²) in [5.74, 6) is 0. The summed E-state index contributed by atoms with van der Waals surface area (Å²) in [5, 5.41) is 0. The fourth-order valence-electron chi connectivity index (χ4n) is 1.32. The van der Waals surface area contributed by atoms with Gasteiger partial charge in [0, 0.05) is 11.8 Å². The zero-order valence-electron chi connectivity index (χ0n) is 7.62. The van der Waals surface area contributed by atoms with Crippen LogP contribution in [-0.4, -0.2) is 20.9 Å². The van der Waals surface area contributed by atoms with Crippen LogP contribution in [0.25, 0.3) is 6.08 Å². The lowest BCUT2D eigenvalue weighted by atomic mass is 10.1. The number of hydrogen-bond donors (Lipinski definition) is 0. The van der Waals surface area contributed by atoms with Gasteiger partial charge in [-0.2, -0.15) is 12.8 Å². The quantitative estimate of drug-likeness (QED) is 0.671. The number of nitrogens with zero attached hydrogens (tertiary/aromatic N) is 1. The van der Waals surface area contributed by atoms with E-state index in [0.29, 0.717) is 17.4 Å². The molecule has 4 nitrogen and oxygen atoms in total. The summed E-state index contributed by atoms with van der Waals surface area (Å²) in [6.45, 7) is 0. The van der Waals surface area contributed by atoms with Gasteiger partial charge in [0.05, 0.1) is 4.90 Å². The molecule has 0 N–H and O–H groups in total. The van der Waals surface area contributed by atoms with E-state index in [-0.39, 0.29) is 4.90 Å². The van der Waals surface area contributed by atoms with Crippen LogP contribution in [-0.2, 0) is 10.0 Å². The SMILES string of the molecule is O=Cc1ccc2c(c1)C=CC=NS2(=O)=O. The Morgan fingerprint density at radius 3 is 2.80 bits per heavy atom. The molecule has 5 heteroatoms. The summed E-state index contributed by atoms with van der Waals surface area (Å²) in [6, 6.07) is 4.37. The van der Waals surface area contributed by atoms with Crippen LogP contribution in [0.3, 0.4) is 0 Å². The lowest BCUT2D eigenvalue weighted by Crippen LogP contribution is -1.99. The Bertz CT molecular complexity index is 570. The molecule has 0 aliphatic carbocycles. The van der Waals surface area contributed by atoms with Gasteiger partial charge in [-0.3, -0.25) is 4.79 Å². The number of carbonyl (C=O) groups excluding carboxylic acids is 1. The van der Waals surface area contributed by atoms with Crippen molar-refractivity contribution >= 4 is 28.6 Å².